The van der Waals surface area contributed by atoms with Crippen molar-refractivity contribution < 1.29 is 5.11 Å². The highest BCUT2D eigenvalue weighted by Crippen LogP contribution is 2.37. The first-order valence-electron chi connectivity index (χ1n) is 9.26. The number of aliphatic hydroxyl groups is 1. The fraction of sp³-hybridized carbons (Fsp3) is 0.455. The second-order valence-electron chi connectivity index (χ2n) is 7.75. The van der Waals surface area contributed by atoms with E-state index in [9.17, 15) is 0 Å². The lowest BCUT2D eigenvalue weighted by Crippen LogP contribution is -2.43. The summed E-state index contributed by atoms with van der Waals surface area (Å²) >= 11 is 1.88. The zero-order valence-corrected chi connectivity index (χ0v) is 17.5. The van der Waals surface area contributed by atoms with Gasteiger partial charge in [0.25, 0.3) is 0 Å². The molecule has 0 amide bonds. The van der Waals surface area contributed by atoms with Crippen LogP contribution in [0.25, 0.3) is 0 Å². The molecule has 2 aromatic rings. The van der Waals surface area contributed by atoms with Gasteiger partial charge in [0.1, 0.15) is 0 Å². The van der Waals surface area contributed by atoms with Crippen molar-refractivity contribution in [3.8, 4) is 0 Å². The Morgan fingerprint density at radius 1 is 0.962 bits per heavy atom. The third kappa shape index (κ3) is 7.02. The van der Waals surface area contributed by atoms with E-state index >= 15 is 0 Å². The fourth-order valence-electron chi connectivity index (χ4n) is 2.74. The molecule has 2 N–H and O–H groups in total. The second-order valence-corrected chi connectivity index (χ2v) is 8.83. The first-order chi connectivity index (χ1) is 12.2. The van der Waals surface area contributed by atoms with Crippen LogP contribution in [0.4, 0.5) is 5.69 Å². The van der Waals surface area contributed by atoms with Crippen LogP contribution in [-0.2, 0) is 0 Å². The van der Waals surface area contributed by atoms with Crippen LogP contribution in [0.5, 0.6) is 0 Å². The van der Waals surface area contributed by atoms with Crippen molar-refractivity contribution in [3.05, 3.63) is 53.6 Å². The first kappa shape index (κ1) is 20.8. The minimum atomic E-state index is -0.500. The minimum Gasteiger partial charge on any atom is -0.391 e. The maximum Gasteiger partial charge on any atom is 0.0563 e. The van der Waals surface area contributed by atoms with Gasteiger partial charge in [-0.25, -0.2) is 0 Å². The van der Waals surface area contributed by atoms with Crippen molar-refractivity contribution in [1.82, 2.24) is 5.32 Å². The molecule has 142 valence electrons. The molecule has 0 radical (unpaired) electrons. The van der Waals surface area contributed by atoms with Crippen LogP contribution in [0.1, 0.15) is 31.9 Å². The Balaban J connectivity index is 0.000000431. The highest BCUT2D eigenvalue weighted by Gasteiger charge is 2.14. The number of nitrogens with zero attached hydrogens (tertiary/aromatic N) is 1. The van der Waals surface area contributed by atoms with Gasteiger partial charge in [-0.3, -0.25) is 0 Å². The van der Waals surface area contributed by atoms with E-state index in [1.54, 1.807) is 20.8 Å². The lowest BCUT2D eigenvalue weighted by molar-refractivity contribution is 0.102. The molecule has 0 aromatic heterocycles. The lowest BCUT2D eigenvalue weighted by Gasteiger charge is -2.31. The highest BCUT2D eigenvalue weighted by atomic mass is 32.2. The molecule has 3 nitrogen and oxygen atoms in total. The molecule has 1 saturated heterocycles. The van der Waals surface area contributed by atoms with Gasteiger partial charge in [-0.2, -0.15) is 0 Å². The quantitative estimate of drug-likeness (QED) is 0.823. The number of aryl methyl sites for hydroxylation is 2. The smallest absolute Gasteiger partial charge is 0.0563 e. The molecular formula is C22H32N2OS. The fourth-order valence-corrected chi connectivity index (χ4v) is 3.78. The highest BCUT2D eigenvalue weighted by molar-refractivity contribution is 7.99. The summed E-state index contributed by atoms with van der Waals surface area (Å²) in [5.74, 6) is 0. The molecule has 0 unspecified atom stereocenters. The molecule has 0 bridgehead atoms. The van der Waals surface area contributed by atoms with Crippen LogP contribution in [0.3, 0.4) is 0 Å². The number of hydrogen-bond donors (Lipinski definition) is 2. The predicted octanol–water partition coefficient (Wildman–Crippen LogP) is 4.64. The Bertz CT molecular complexity index is 698. The molecule has 26 heavy (non-hydrogen) atoms. The molecule has 4 heteroatoms. The molecule has 0 spiro atoms. The number of rotatable bonds is 3. The van der Waals surface area contributed by atoms with Crippen molar-refractivity contribution in [3.63, 3.8) is 0 Å². The van der Waals surface area contributed by atoms with Crippen LogP contribution in [0.2, 0.25) is 0 Å². The van der Waals surface area contributed by atoms with E-state index in [0.29, 0.717) is 0 Å². The number of nitrogens with one attached hydrogen (secondary N) is 1. The number of para-hydroxylation sites is 1. The molecular weight excluding hydrogens is 340 g/mol. The van der Waals surface area contributed by atoms with Crippen LogP contribution in [0, 0.1) is 13.8 Å². The van der Waals surface area contributed by atoms with Gasteiger partial charge < -0.3 is 15.3 Å². The SMILES string of the molecule is CC(C)(C)O.Cc1ccc(Sc2ccccc2N2CCNCC2)c(C)c1. The Morgan fingerprint density at radius 3 is 2.19 bits per heavy atom. The summed E-state index contributed by atoms with van der Waals surface area (Å²) in [6, 6.07) is 15.5. The van der Waals surface area contributed by atoms with E-state index in [0.717, 1.165) is 26.2 Å². The van der Waals surface area contributed by atoms with Crippen LogP contribution < -0.4 is 10.2 Å². The maximum absolute atomic E-state index is 8.52. The van der Waals surface area contributed by atoms with Gasteiger partial charge in [0.05, 0.1) is 11.3 Å². The van der Waals surface area contributed by atoms with Crippen molar-refractivity contribution in [1.29, 1.82) is 0 Å². The van der Waals surface area contributed by atoms with E-state index in [4.69, 9.17) is 5.11 Å². The van der Waals surface area contributed by atoms with Crippen LogP contribution in [-0.4, -0.2) is 36.9 Å². The minimum absolute atomic E-state index is 0.500. The third-order valence-corrected chi connectivity index (χ3v) is 5.12. The van der Waals surface area contributed by atoms with E-state index in [1.807, 2.05) is 11.8 Å². The summed E-state index contributed by atoms with van der Waals surface area (Å²) in [7, 11) is 0. The standard InChI is InChI=1S/C18H22N2S.C4H10O/c1-14-7-8-17(15(2)13-14)21-18-6-4-3-5-16(18)20-11-9-19-10-12-20;1-4(2,3)5/h3-8,13,19H,9-12H2,1-2H3;5H,1-3H3. The molecule has 0 atom stereocenters. The molecule has 1 aliphatic heterocycles. The Morgan fingerprint density at radius 2 is 1.58 bits per heavy atom. The van der Waals surface area contributed by atoms with Gasteiger partial charge in [0, 0.05) is 36.0 Å². The predicted molar refractivity (Wildman–Crippen MR) is 114 cm³/mol. The van der Waals surface area contributed by atoms with Gasteiger partial charge >= 0.3 is 0 Å². The molecule has 2 aromatic carbocycles. The molecule has 3 rings (SSSR count). The number of anilines is 1. The zero-order valence-electron chi connectivity index (χ0n) is 16.7. The Hall–Kier alpha value is -1.49. The summed E-state index contributed by atoms with van der Waals surface area (Å²) < 4.78 is 0. The van der Waals surface area contributed by atoms with E-state index in [1.165, 1.54) is 26.6 Å². The van der Waals surface area contributed by atoms with Gasteiger partial charge in [-0.05, 0) is 58.4 Å². The average molecular weight is 373 g/mol. The van der Waals surface area contributed by atoms with E-state index in [2.05, 4.69) is 66.5 Å². The third-order valence-electron chi connectivity index (χ3n) is 3.87. The van der Waals surface area contributed by atoms with Crippen molar-refractivity contribution in [2.24, 2.45) is 0 Å². The Labute approximate surface area is 162 Å². The van der Waals surface area contributed by atoms with Gasteiger partial charge in [0.2, 0.25) is 0 Å². The summed E-state index contributed by atoms with van der Waals surface area (Å²) in [5, 5.41) is 11.9. The zero-order chi connectivity index (χ0) is 19.2. The van der Waals surface area contributed by atoms with Crippen LogP contribution >= 0.6 is 11.8 Å². The molecule has 0 aliphatic carbocycles. The average Bonchev–Trinajstić information content (AvgIpc) is 2.57. The monoisotopic (exact) mass is 372 g/mol. The van der Waals surface area contributed by atoms with E-state index < -0.39 is 5.60 Å². The summed E-state index contributed by atoms with van der Waals surface area (Å²) in [6.07, 6.45) is 0. The number of benzene rings is 2. The molecule has 1 fully saturated rings. The molecule has 0 saturated carbocycles. The first-order valence-corrected chi connectivity index (χ1v) is 10.1. The van der Waals surface area contributed by atoms with Crippen molar-refractivity contribution in [2.75, 3.05) is 31.1 Å². The molecule has 1 aliphatic rings. The van der Waals surface area contributed by atoms with Gasteiger partial charge in [-0.1, -0.05) is 41.6 Å². The number of piperazine rings is 1. The summed E-state index contributed by atoms with van der Waals surface area (Å²) in [4.78, 5) is 5.19. The largest absolute Gasteiger partial charge is 0.391 e. The number of hydrogen-bond acceptors (Lipinski definition) is 4. The maximum atomic E-state index is 8.52. The van der Waals surface area contributed by atoms with Crippen LogP contribution in [0.15, 0.2) is 52.3 Å². The van der Waals surface area contributed by atoms with Crippen molar-refractivity contribution in [2.45, 2.75) is 50.0 Å². The van der Waals surface area contributed by atoms with Gasteiger partial charge in [0.15, 0.2) is 0 Å². The summed E-state index contributed by atoms with van der Waals surface area (Å²) in [5.41, 5.74) is 3.55. The second kappa shape index (κ2) is 9.45. The topological polar surface area (TPSA) is 35.5 Å². The normalized spacial score (nSPS) is 14.6. The van der Waals surface area contributed by atoms with Crippen molar-refractivity contribution >= 4 is 17.4 Å². The Kier molecular flexibility index (Phi) is 7.56. The van der Waals surface area contributed by atoms with E-state index in [-0.39, 0.29) is 0 Å². The summed E-state index contributed by atoms with van der Waals surface area (Å²) in [6.45, 7) is 13.9. The lowest BCUT2D eigenvalue weighted by atomic mass is 10.2. The van der Waals surface area contributed by atoms with Gasteiger partial charge in [-0.15, -0.1) is 0 Å². The molecule has 1 heterocycles.